The van der Waals surface area contributed by atoms with E-state index in [2.05, 4.69) is 0 Å². The van der Waals surface area contributed by atoms with E-state index in [-0.39, 0.29) is 6.04 Å². The van der Waals surface area contributed by atoms with E-state index in [0.717, 1.165) is 5.56 Å². The van der Waals surface area contributed by atoms with E-state index >= 15 is 0 Å². The summed E-state index contributed by atoms with van der Waals surface area (Å²) < 4.78 is 1.33. The lowest BCUT2D eigenvalue weighted by Gasteiger charge is -2.15. The van der Waals surface area contributed by atoms with Crippen molar-refractivity contribution in [3.63, 3.8) is 0 Å². The highest BCUT2D eigenvalue weighted by molar-refractivity contribution is 5.89. The Balaban J connectivity index is 3.08. The summed E-state index contributed by atoms with van der Waals surface area (Å²) in [5, 5.41) is 21.2. The Morgan fingerprint density at radius 1 is 1.37 bits per heavy atom. The molecule has 2 aromatic rings. The molecule has 0 aliphatic heterocycles. The highest BCUT2D eigenvalue weighted by Gasteiger charge is 2.26. The number of pyridine rings is 1. The molecule has 0 bridgehead atoms. The molecule has 0 fully saturated rings. The quantitative estimate of drug-likeness (QED) is 0.665. The van der Waals surface area contributed by atoms with Gasteiger partial charge < -0.3 is 5.11 Å². The fourth-order valence-corrected chi connectivity index (χ4v) is 2.17. The van der Waals surface area contributed by atoms with Crippen molar-refractivity contribution in [1.82, 2.24) is 4.57 Å². The summed E-state index contributed by atoms with van der Waals surface area (Å²) in [4.78, 5) is 22.3. The van der Waals surface area contributed by atoms with Gasteiger partial charge in [0.05, 0.1) is 10.4 Å². The SMILES string of the molecule is Cc1ccc2c(O)c([N+](=O)[O-])c(=O)n(C(C)C)c2c1. The van der Waals surface area contributed by atoms with E-state index in [9.17, 15) is 20.0 Å². The monoisotopic (exact) mass is 262 g/mol. The molecule has 19 heavy (non-hydrogen) atoms. The Hall–Kier alpha value is -2.37. The number of aromatic hydroxyl groups is 1. The summed E-state index contributed by atoms with van der Waals surface area (Å²) in [6.07, 6.45) is 0. The Bertz CT molecular complexity index is 731. The standard InChI is InChI=1S/C13H14N2O4/c1-7(2)14-10-6-8(3)4-5-9(10)12(16)11(13(14)17)15(18)19/h4-7,16H,1-3H3. The molecule has 0 radical (unpaired) electrons. The molecule has 0 aliphatic carbocycles. The van der Waals surface area contributed by atoms with E-state index in [1.165, 1.54) is 4.57 Å². The van der Waals surface area contributed by atoms with Crippen molar-refractivity contribution in [3.05, 3.63) is 44.2 Å². The molecule has 0 aliphatic rings. The Morgan fingerprint density at radius 2 is 2.00 bits per heavy atom. The Labute approximate surface area is 109 Å². The van der Waals surface area contributed by atoms with Crippen LogP contribution >= 0.6 is 0 Å². The minimum Gasteiger partial charge on any atom is -0.501 e. The fourth-order valence-electron chi connectivity index (χ4n) is 2.17. The second-order valence-corrected chi connectivity index (χ2v) is 4.74. The van der Waals surface area contributed by atoms with Crippen LogP contribution in [0.25, 0.3) is 10.9 Å². The van der Waals surface area contributed by atoms with Gasteiger partial charge in [-0.05, 0) is 38.5 Å². The molecule has 2 rings (SSSR count). The molecule has 0 saturated carbocycles. The minimum absolute atomic E-state index is 0.240. The number of nitro groups is 1. The minimum atomic E-state index is -0.837. The van der Waals surface area contributed by atoms with E-state index in [1.54, 1.807) is 32.0 Å². The predicted molar refractivity (Wildman–Crippen MR) is 71.6 cm³/mol. The second kappa shape index (κ2) is 4.38. The van der Waals surface area contributed by atoms with Crippen LogP contribution in [0.5, 0.6) is 5.75 Å². The topological polar surface area (TPSA) is 85.4 Å². The van der Waals surface area contributed by atoms with Gasteiger partial charge in [0.25, 0.3) is 0 Å². The molecule has 0 atom stereocenters. The van der Waals surface area contributed by atoms with Crippen molar-refractivity contribution < 1.29 is 10.0 Å². The van der Waals surface area contributed by atoms with Gasteiger partial charge in [-0.25, -0.2) is 0 Å². The Morgan fingerprint density at radius 3 is 2.53 bits per heavy atom. The first-order chi connectivity index (χ1) is 8.84. The van der Waals surface area contributed by atoms with Crippen LogP contribution in [-0.4, -0.2) is 14.6 Å². The average Bonchev–Trinajstić information content (AvgIpc) is 2.27. The maximum absolute atomic E-state index is 12.2. The van der Waals surface area contributed by atoms with E-state index < -0.39 is 21.9 Å². The fraction of sp³-hybridized carbons (Fsp3) is 0.308. The highest BCUT2D eigenvalue weighted by atomic mass is 16.6. The molecule has 0 amide bonds. The van der Waals surface area contributed by atoms with Crippen molar-refractivity contribution in [2.45, 2.75) is 26.8 Å². The Kier molecular flexibility index (Phi) is 3.01. The lowest BCUT2D eigenvalue weighted by atomic mass is 10.1. The molecule has 6 heteroatoms. The third-order valence-electron chi connectivity index (χ3n) is 3.01. The van der Waals surface area contributed by atoms with Crippen molar-refractivity contribution in [1.29, 1.82) is 0 Å². The maximum atomic E-state index is 12.2. The highest BCUT2D eigenvalue weighted by Crippen LogP contribution is 2.32. The van der Waals surface area contributed by atoms with Crippen molar-refractivity contribution in [2.75, 3.05) is 0 Å². The number of hydrogen-bond acceptors (Lipinski definition) is 4. The van der Waals surface area contributed by atoms with E-state index in [4.69, 9.17) is 0 Å². The van der Waals surface area contributed by atoms with Crippen LogP contribution < -0.4 is 5.56 Å². The summed E-state index contributed by atoms with van der Waals surface area (Å²) in [5.74, 6) is -0.568. The summed E-state index contributed by atoms with van der Waals surface area (Å²) in [5.41, 5.74) is -0.140. The zero-order chi connectivity index (χ0) is 14.3. The number of aryl methyl sites for hydroxylation is 1. The molecule has 1 heterocycles. The molecule has 6 nitrogen and oxygen atoms in total. The van der Waals surface area contributed by atoms with Crippen LogP contribution in [0.4, 0.5) is 5.69 Å². The first-order valence-electron chi connectivity index (χ1n) is 5.86. The predicted octanol–water partition coefficient (Wildman–Crippen LogP) is 2.50. The van der Waals surface area contributed by atoms with Crippen LogP contribution in [0, 0.1) is 17.0 Å². The molecule has 1 aromatic carbocycles. The number of nitrogens with zero attached hydrogens (tertiary/aromatic N) is 2. The van der Waals surface area contributed by atoms with Crippen LogP contribution in [-0.2, 0) is 0 Å². The van der Waals surface area contributed by atoms with Gasteiger partial charge in [-0.15, -0.1) is 0 Å². The van der Waals surface area contributed by atoms with E-state index in [1.807, 2.05) is 6.92 Å². The summed E-state index contributed by atoms with van der Waals surface area (Å²) >= 11 is 0. The number of rotatable bonds is 2. The van der Waals surface area contributed by atoms with E-state index in [0.29, 0.717) is 10.9 Å². The van der Waals surface area contributed by atoms with Gasteiger partial charge in [0.1, 0.15) is 0 Å². The molecule has 0 unspecified atom stereocenters. The van der Waals surface area contributed by atoms with Crippen molar-refractivity contribution in [3.8, 4) is 5.75 Å². The molecule has 1 aromatic heterocycles. The van der Waals surface area contributed by atoms with Gasteiger partial charge in [-0.3, -0.25) is 19.5 Å². The molecular formula is C13H14N2O4. The van der Waals surface area contributed by atoms with Crippen LogP contribution in [0.3, 0.4) is 0 Å². The molecular weight excluding hydrogens is 248 g/mol. The van der Waals surface area contributed by atoms with Gasteiger partial charge in [0.2, 0.25) is 5.75 Å². The summed E-state index contributed by atoms with van der Waals surface area (Å²) in [7, 11) is 0. The lowest BCUT2D eigenvalue weighted by molar-refractivity contribution is -0.387. The van der Waals surface area contributed by atoms with Gasteiger partial charge in [0, 0.05) is 11.4 Å². The summed E-state index contributed by atoms with van der Waals surface area (Å²) in [6.45, 7) is 5.39. The number of hydrogen-bond donors (Lipinski definition) is 1. The van der Waals surface area contributed by atoms with Gasteiger partial charge in [0.15, 0.2) is 0 Å². The second-order valence-electron chi connectivity index (χ2n) is 4.74. The largest absolute Gasteiger partial charge is 0.501 e. The van der Waals surface area contributed by atoms with Crippen LogP contribution in [0.15, 0.2) is 23.0 Å². The first kappa shape index (κ1) is 13.1. The first-order valence-corrected chi connectivity index (χ1v) is 5.86. The lowest BCUT2D eigenvalue weighted by Crippen LogP contribution is -2.24. The normalized spacial score (nSPS) is 11.2. The smallest absolute Gasteiger partial charge is 0.375 e. The van der Waals surface area contributed by atoms with Crippen LogP contribution in [0.1, 0.15) is 25.5 Å². The number of fused-ring (bicyclic) bond motifs is 1. The van der Waals surface area contributed by atoms with Gasteiger partial charge in [-0.1, -0.05) is 6.07 Å². The third kappa shape index (κ3) is 1.95. The summed E-state index contributed by atoms with van der Waals surface area (Å²) in [6, 6.07) is 4.82. The molecule has 1 N–H and O–H groups in total. The van der Waals surface area contributed by atoms with Crippen molar-refractivity contribution >= 4 is 16.6 Å². The van der Waals surface area contributed by atoms with Gasteiger partial charge in [-0.2, -0.15) is 0 Å². The maximum Gasteiger partial charge on any atom is 0.375 e. The zero-order valence-corrected chi connectivity index (χ0v) is 10.9. The van der Waals surface area contributed by atoms with Crippen molar-refractivity contribution in [2.24, 2.45) is 0 Å². The van der Waals surface area contributed by atoms with Crippen LogP contribution in [0.2, 0.25) is 0 Å². The molecule has 100 valence electrons. The molecule has 0 spiro atoms. The molecule has 0 saturated heterocycles. The average molecular weight is 262 g/mol. The third-order valence-corrected chi connectivity index (χ3v) is 3.01. The number of aromatic nitrogens is 1. The number of benzene rings is 1. The zero-order valence-electron chi connectivity index (χ0n) is 10.9. The van der Waals surface area contributed by atoms with Gasteiger partial charge >= 0.3 is 11.2 Å².